The Kier molecular flexibility index (Phi) is 9.74. The highest BCUT2D eigenvalue weighted by molar-refractivity contribution is 7.80. The van der Waals surface area contributed by atoms with Crippen molar-refractivity contribution in [3.8, 4) is 5.75 Å². The average Bonchev–Trinajstić information content (AvgIpc) is 3.30. The molecule has 0 aliphatic heterocycles. The number of hydrogen-bond donors (Lipinski definition) is 8. The van der Waals surface area contributed by atoms with Crippen LogP contribution in [0, 0.1) is 0 Å². The maximum Gasteiger partial charge on any atom is 0.326 e. The summed E-state index contributed by atoms with van der Waals surface area (Å²) in [6, 6.07) is 9.29. The summed E-state index contributed by atoms with van der Waals surface area (Å²) < 4.78 is 0. The zero-order valence-electron chi connectivity index (χ0n) is 20.7. The van der Waals surface area contributed by atoms with E-state index in [4.69, 9.17) is 5.73 Å². The number of phenolic OH excluding ortho intramolecular Hbond substituents is 1. The Morgan fingerprint density at radius 3 is 2.24 bits per heavy atom. The van der Waals surface area contributed by atoms with Crippen LogP contribution in [0.3, 0.4) is 0 Å². The number of para-hydroxylation sites is 1. The number of aromatic hydroxyl groups is 1. The number of carboxylic acids is 1. The minimum absolute atomic E-state index is 0.0315. The molecule has 1 heterocycles. The second-order valence-corrected chi connectivity index (χ2v) is 9.28. The summed E-state index contributed by atoms with van der Waals surface area (Å²) in [5.74, 6) is -3.19. The highest BCUT2D eigenvalue weighted by atomic mass is 32.1. The van der Waals surface area contributed by atoms with E-state index in [0.29, 0.717) is 0 Å². The number of carboxylic acid groups (broad SMARTS) is 1. The third-order valence-electron chi connectivity index (χ3n) is 6.01. The Morgan fingerprint density at radius 2 is 1.58 bits per heavy atom. The van der Waals surface area contributed by atoms with Crippen molar-refractivity contribution < 1.29 is 29.4 Å². The van der Waals surface area contributed by atoms with Gasteiger partial charge in [-0.25, -0.2) is 4.79 Å². The summed E-state index contributed by atoms with van der Waals surface area (Å²) >= 11 is 4.12. The standard InChI is InChI=1S/C26H31N5O6S/c1-14(29-24(34)19(27)10-15-6-8-17(32)9-7-15)23(33)31-22(13-38)25(35)30-21(26(36)37)11-16-12-28-20-5-3-2-4-18(16)20/h2-9,12,14,19,21-22,28,32,38H,10-11,13,27H2,1H3,(H,29,34)(H,30,35)(H,31,33)(H,36,37). The van der Waals surface area contributed by atoms with E-state index < -0.39 is 47.9 Å². The lowest BCUT2D eigenvalue weighted by Crippen LogP contribution is -2.57. The van der Waals surface area contributed by atoms with Crippen LogP contribution < -0.4 is 21.7 Å². The highest BCUT2D eigenvalue weighted by Crippen LogP contribution is 2.19. The molecule has 0 saturated heterocycles. The fourth-order valence-electron chi connectivity index (χ4n) is 3.85. The minimum Gasteiger partial charge on any atom is -0.508 e. The van der Waals surface area contributed by atoms with Gasteiger partial charge in [-0.2, -0.15) is 12.6 Å². The Morgan fingerprint density at radius 1 is 0.921 bits per heavy atom. The smallest absolute Gasteiger partial charge is 0.326 e. The van der Waals surface area contributed by atoms with Crippen molar-refractivity contribution in [1.29, 1.82) is 0 Å². The van der Waals surface area contributed by atoms with E-state index in [9.17, 15) is 29.4 Å². The molecule has 3 aromatic rings. The second-order valence-electron chi connectivity index (χ2n) is 8.91. The Bertz CT molecular complexity index is 1290. The Labute approximate surface area is 224 Å². The molecule has 0 bridgehead atoms. The van der Waals surface area contributed by atoms with Gasteiger partial charge in [-0.1, -0.05) is 30.3 Å². The fraction of sp³-hybridized carbons (Fsp3) is 0.308. The lowest BCUT2D eigenvalue weighted by atomic mass is 10.0. The third kappa shape index (κ3) is 7.49. The molecule has 0 aliphatic rings. The zero-order valence-corrected chi connectivity index (χ0v) is 21.6. The van der Waals surface area contributed by atoms with Crippen LogP contribution in [0.4, 0.5) is 0 Å². The summed E-state index contributed by atoms with van der Waals surface area (Å²) in [6.07, 6.45) is 1.92. The number of carbonyl (C=O) groups excluding carboxylic acids is 3. The number of thiol groups is 1. The number of hydrogen-bond acceptors (Lipinski definition) is 7. The van der Waals surface area contributed by atoms with Gasteiger partial charge in [-0.3, -0.25) is 14.4 Å². The van der Waals surface area contributed by atoms with Crippen molar-refractivity contribution in [3.63, 3.8) is 0 Å². The SMILES string of the molecule is CC(NC(=O)C(N)Cc1ccc(O)cc1)C(=O)NC(CS)C(=O)NC(Cc1c[nH]c2ccccc12)C(=O)O. The van der Waals surface area contributed by atoms with E-state index in [1.165, 1.54) is 19.1 Å². The number of phenols is 1. The molecule has 202 valence electrons. The van der Waals surface area contributed by atoms with Crippen LogP contribution >= 0.6 is 12.6 Å². The van der Waals surface area contributed by atoms with Crippen LogP contribution in [0.1, 0.15) is 18.1 Å². The predicted molar refractivity (Wildman–Crippen MR) is 145 cm³/mol. The summed E-state index contributed by atoms with van der Waals surface area (Å²) in [7, 11) is 0. The van der Waals surface area contributed by atoms with Crippen molar-refractivity contribution in [2.45, 2.75) is 43.9 Å². The first-order valence-corrected chi connectivity index (χ1v) is 12.6. The summed E-state index contributed by atoms with van der Waals surface area (Å²) in [6.45, 7) is 1.44. The molecule has 0 saturated carbocycles. The second kappa shape index (κ2) is 13.0. The van der Waals surface area contributed by atoms with E-state index in [-0.39, 0.29) is 24.3 Å². The highest BCUT2D eigenvalue weighted by Gasteiger charge is 2.28. The molecule has 12 heteroatoms. The molecule has 38 heavy (non-hydrogen) atoms. The van der Waals surface area contributed by atoms with E-state index in [1.54, 1.807) is 18.3 Å². The summed E-state index contributed by atoms with van der Waals surface area (Å²) in [4.78, 5) is 52.9. The normalized spacial score (nSPS) is 14.2. The molecular weight excluding hydrogens is 510 g/mol. The lowest BCUT2D eigenvalue weighted by Gasteiger charge is -2.23. The molecule has 3 rings (SSSR count). The maximum absolute atomic E-state index is 12.8. The molecular formula is C26H31N5O6S. The molecule has 4 atom stereocenters. The topological polar surface area (TPSA) is 187 Å². The monoisotopic (exact) mass is 541 g/mol. The van der Waals surface area contributed by atoms with Crippen LogP contribution in [-0.4, -0.2) is 68.8 Å². The molecule has 4 unspecified atom stereocenters. The van der Waals surface area contributed by atoms with Crippen LogP contribution in [0.5, 0.6) is 5.75 Å². The number of amides is 3. The number of benzene rings is 2. The van der Waals surface area contributed by atoms with Gasteiger partial charge in [-0.15, -0.1) is 0 Å². The van der Waals surface area contributed by atoms with E-state index in [2.05, 4.69) is 33.6 Å². The van der Waals surface area contributed by atoms with Crippen LogP contribution in [0.25, 0.3) is 10.9 Å². The molecule has 3 amide bonds. The summed E-state index contributed by atoms with van der Waals surface area (Å²) in [5.41, 5.74) is 8.24. The van der Waals surface area contributed by atoms with Crippen molar-refractivity contribution in [2.24, 2.45) is 5.73 Å². The minimum atomic E-state index is -1.24. The first-order chi connectivity index (χ1) is 18.1. The average molecular weight is 542 g/mol. The largest absolute Gasteiger partial charge is 0.508 e. The van der Waals surface area contributed by atoms with E-state index >= 15 is 0 Å². The van der Waals surface area contributed by atoms with E-state index in [1.807, 2.05) is 24.3 Å². The van der Waals surface area contributed by atoms with Gasteiger partial charge in [0.1, 0.15) is 23.9 Å². The molecule has 0 aliphatic carbocycles. The fourth-order valence-corrected chi connectivity index (χ4v) is 4.11. The molecule has 11 nitrogen and oxygen atoms in total. The van der Waals surface area contributed by atoms with Crippen LogP contribution in [0.2, 0.25) is 0 Å². The number of nitrogens with two attached hydrogens (primary N) is 1. The van der Waals surface area contributed by atoms with E-state index in [0.717, 1.165) is 22.0 Å². The number of aliphatic carboxylic acids is 1. The first kappa shape index (κ1) is 28.5. The molecule has 0 fully saturated rings. The van der Waals surface area contributed by atoms with Gasteiger partial charge in [0, 0.05) is 29.3 Å². The zero-order chi connectivity index (χ0) is 27.8. The Hall–Kier alpha value is -4.03. The van der Waals surface area contributed by atoms with Crippen LogP contribution in [-0.2, 0) is 32.0 Å². The number of carbonyl (C=O) groups is 4. The van der Waals surface area contributed by atoms with Gasteiger partial charge >= 0.3 is 5.97 Å². The number of H-pyrrole nitrogens is 1. The van der Waals surface area contributed by atoms with Crippen molar-refractivity contribution in [2.75, 3.05) is 5.75 Å². The lowest BCUT2D eigenvalue weighted by molar-refractivity contribution is -0.142. The molecule has 0 spiro atoms. The number of rotatable bonds is 12. The molecule has 2 aromatic carbocycles. The van der Waals surface area contributed by atoms with Crippen molar-refractivity contribution >= 4 is 47.2 Å². The van der Waals surface area contributed by atoms with Gasteiger partial charge < -0.3 is 36.9 Å². The third-order valence-corrected chi connectivity index (χ3v) is 6.38. The molecule has 0 radical (unpaired) electrons. The molecule has 1 aromatic heterocycles. The van der Waals surface area contributed by atoms with Gasteiger partial charge in [0.25, 0.3) is 0 Å². The number of aromatic amines is 1. The number of aromatic nitrogens is 1. The molecule has 8 N–H and O–H groups in total. The van der Waals surface area contributed by atoms with Gasteiger partial charge in [-0.05, 0) is 42.7 Å². The number of nitrogens with one attached hydrogen (secondary N) is 4. The Balaban J connectivity index is 1.55. The quantitative estimate of drug-likeness (QED) is 0.153. The van der Waals surface area contributed by atoms with Crippen LogP contribution in [0.15, 0.2) is 54.7 Å². The predicted octanol–water partition coefficient (Wildman–Crippen LogP) is 0.475. The summed E-state index contributed by atoms with van der Waals surface area (Å²) in [5, 5.41) is 27.4. The van der Waals surface area contributed by atoms with Gasteiger partial charge in [0.15, 0.2) is 0 Å². The van der Waals surface area contributed by atoms with Gasteiger partial charge in [0.2, 0.25) is 17.7 Å². The van der Waals surface area contributed by atoms with Crippen molar-refractivity contribution in [1.82, 2.24) is 20.9 Å². The first-order valence-electron chi connectivity index (χ1n) is 11.9. The van der Waals surface area contributed by atoms with Crippen molar-refractivity contribution in [3.05, 3.63) is 65.9 Å². The van der Waals surface area contributed by atoms with Gasteiger partial charge in [0.05, 0.1) is 6.04 Å². The number of fused-ring (bicyclic) bond motifs is 1. The maximum atomic E-state index is 12.8.